The topological polar surface area (TPSA) is 66.9 Å². The van der Waals surface area contributed by atoms with E-state index in [2.05, 4.69) is 4.98 Å². The van der Waals surface area contributed by atoms with Crippen LogP contribution in [0.25, 0.3) is 0 Å². The zero-order valence-corrected chi connectivity index (χ0v) is 12.2. The van der Waals surface area contributed by atoms with Gasteiger partial charge in [0.25, 0.3) is 5.19 Å². The number of carbonyl (C=O) groups is 1. The molecule has 0 radical (unpaired) electrons. The third-order valence-corrected chi connectivity index (χ3v) is 3.25. The van der Waals surface area contributed by atoms with E-state index in [9.17, 15) is 4.79 Å². The largest absolute Gasteiger partial charge is 0.468 e. The lowest BCUT2D eigenvalue weighted by atomic mass is 10.6. The van der Waals surface area contributed by atoms with Crippen LogP contribution in [0.4, 0.5) is 0 Å². The highest BCUT2D eigenvalue weighted by molar-refractivity contribution is 7.15. The summed E-state index contributed by atoms with van der Waals surface area (Å²) in [4.78, 5) is 14.8. The molecule has 1 aromatic rings. The Kier molecular flexibility index (Phi) is 8.68. The molecule has 0 saturated heterocycles. The molecule has 0 atom stereocenters. The number of methoxy groups -OCH3 is 1. The number of rotatable bonds is 11. The van der Waals surface area contributed by atoms with E-state index in [0.717, 1.165) is 11.3 Å². The second-order valence-corrected chi connectivity index (χ2v) is 4.67. The minimum Gasteiger partial charge on any atom is -0.468 e. The van der Waals surface area contributed by atoms with Crippen LogP contribution in [0.3, 0.4) is 0 Å². The molecular weight excluding hydrogens is 294 g/mol. The predicted molar refractivity (Wildman–Crippen MR) is 71.5 cm³/mol. The molecule has 0 amide bonds. The second-order valence-electron chi connectivity index (χ2n) is 3.32. The Morgan fingerprint density at radius 2 is 1.79 bits per heavy atom. The number of ether oxygens (including phenoxy) is 4. The number of hydrogen-bond donors (Lipinski definition) is 0. The van der Waals surface area contributed by atoms with Crippen molar-refractivity contribution in [3.63, 3.8) is 0 Å². The number of aromatic nitrogens is 1. The molecule has 0 aliphatic heterocycles. The van der Waals surface area contributed by atoms with E-state index in [0.29, 0.717) is 56.0 Å². The normalized spacial score (nSPS) is 10.6. The van der Waals surface area contributed by atoms with Crippen LogP contribution in [-0.2, 0) is 14.2 Å². The van der Waals surface area contributed by atoms with Gasteiger partial charge in [-0.2, -0.15) is 4.98 Å². The lowest BCUT2D eigenvalue weighted by Gasteiger charge is -2.05. The summed E-state index contributed by atoms with van der Waals surface area (Å²) in [5.41, 5.74) is 0. The van der Waals surface area contributed by atoms with E-state index in [1.807, 2.05) is 0 Å². The van der Waals surface area contributed by atoms with Gasteiger partial charge in [-0.05, 0) is 0 Å². The number of carbonyl (C=O) groups excluding carboxylic acids is 1. The molecule has 1 heterocycles. The van der Waals surface area contributed by atoms with Crippen LogP contribution in [-0.4, -0.2) is 58.0 Å². The van der Waals surface area contributed by atoms with Crippen LogP contribution in [0, 0.1) is 0 Å². The first-order valence-corrected chi connectivity index (χ1v) is 6.86. The molecule has 6 nitrogen and oxygen atoms in total. The molecule has 0 fully saturated rings. The maximum absolute atomic E-state index is 10.5. The third kappa shape index (κ3) is 6.84. The molecule has 1 rings (SSSR count). The van der Waals surface area contributed by atoms with E-state index in [-0.39, 0.29) is 5.15 Å². The van der Waals surface area contributed by atoms with Crippen molar-refractivity contribution in [3.05, 3.63) is 10.0 Å². The van der Waals surface area contributed by atoms with E-state index >= 15 is 0 Å². The van der Waals surface area contributed by atoms with Crippen molar-refractivity contribution in [1.82, 2.24) is 4.98 Å². The van der Waals surface area contributed by atoms with Crippen molar-refractivity contribution in [2.75, 3.05) is 46.8 Å². The molecule has 19 heavy (non-hydrogen) atoms. The van der Waals surface area contributed by atoms with Crippen molar-refractivity contribution < 1.29 is 23.7 Å². The van der Waals surface area contributed by atoms with Gasteiger partial charge in [-0.3, -0.25) is 4.79 Å². The quantitative estimate of drug-likeness (QED) is 0.457. The van der Waals surface area contributed by atoms with E-state index in [4.69, 9.17) is 30.5 Å². The number of thiazole rings is 1. The summed E-state index contributed by atoms with van der Waals surface area (Å²) in [6.07, 6.45) is 0.653. The maximum Gasteiger partial charge on any atom is 0.275 e. The van der Waals surface area contributed by atoms with Crippen LogP contribution in [0.1, 0.15) is 9.67 Å². The van der Waals surface area contributed by atoms with Gasteiger partial charge in [0.2, 0.25) is 0 Å². The SMILES string of the molecule is COCCOCCOCCOc1nc(Cl)c(C=O)s1. The van der Waals surface area contributed by atoms with Gasteiger partial charge < -0.3 is 18.9 Å². The summed E-state index contributed by atoms with van der Waals surface area (Å²) in [7, 11) is 1.62. The molecule has 0 N–H and O–H groups in total. The maximum atomic E-state index is 10.5. The van der Waals surface area contributed by atoms with Crippen LogP contribution in [0.15, 0.2) is 0 Å². The molecule has 108 valence electrons. The summed E-state index contributed by atoms with van der Waals surface area (Å²) in [6, 6.07) is 0. The van der Waals surface area contributed by atoms with Gasteiger partial charge in [0.1, 0.15) is 11.5 Å². The molecule has 0 unspecified atom stereocenters. The minimum atomic E-state index is 0.169. The van der Waals surface area contributed by atoms with Crippen molar-refractivity contribution in [2.24, 2.45) is 0 Å². The molecule has 0 saturated carbocycles. The first kappa shape index (κ1) is 16.3. The average Bonchev–Trinajstić information content (AvgIpc) is 2.77. The van der Waals surface area contributed by atoms with Crippen molar-refractivity contribution in [3.8, 4) is 5.19 Å². The fourth-order valence-corrected chi connectivity index (χ4v) is 2.01. The summed E-state index contributed by atoms with van der Waals surface area (Å²) >= 11 is 6.81. The van der Waals surface area contributed by atoms with Gasteiger partial charge in [-0.1, -0.05) is 22.9 Å². The Morgan fingerprint density at radius 1 is 1.16 bits per heavy atom. The molecule has 1 aromatic heterocycles. The number of hydrogen-bond acceptors (Lipinski definition) is 7. The van der Waals surface area contributed by atoms with Crippen LogP contribution >= 0.6 is 22.9 Å². The Balaban J connectivity index is 2.00. The molecule has 8 heteroatoms. The lowest BCUT2D eigenvalue weighted by Crippen LogP contribution is -2.12. The van der Waals surface area contributed by atoms with E-state index in [1.54, 1.807) is 7.11 Å². The van der Waals surface area contributed by atoms with Gasteiger partial charge in [0.05, 0.1) is 33.0 Å². The Bertz CT molecular complexity index is 374. The highest BCUT2D eigenvalue weighted by Crippen LogP contribution is 2.26. The van der Waals surface area contributed by atoms with Gasteiger partial charge in [-0.25, -0.2) is 0 Å². The molecular formula is C11H16ClNO5S. The van der Waals surface area contributed by atoms with Crippen LogP contribution in [0.5, 0.6) is 5.19 Å². The smallest absolute Gasteiger partial charge is 0.275 e. The first-order valence-electron chi connectivity index (χ1n) is 5.66. The summed E-state index contributed by atoms with van der Waals surface area (Å²) in [5, 5.41) is 0.537. The molecule has 0 bridgehead atoms. The number of nitrogens with zero attached hydrogens (tertiary/aromatic N) is 1. The van der Waals surface area contributed by atoms with Gasteiger partial charge in [0, 0.05) is 7.11 Å². The van der Waals surface area contributed by atoms with Crippen LogP contribution in [0.2, 0.25) is 5.15 Å². The van der Waals surface area contributed by atoms with Gasteiger partial charge >= 0.3 is 0 Å². The molecule has 0 aliphatic rings. The van der Waals surface area contributed by atoms with Crippen molar-refractivity contribution in [1.29, 1.82) is 0 Å². The first-order chi connectivity index (χ1) is 9.27. The van der Waals surface area contributed by atoms with Crippen LogP contribution < -0.4 is 4.74 Å². The fourth-order valence-electron chi connectivity index (χ4n) is 1.08. The summed E-state index contributed by atoms with van der Waals surface area (Å²) < 4.78 is 20.6. The number of aldehydes is 1. The highest BCUT2D eigenvalue weighted by Gasteiger charge is 2.08. The summed E-state index contributed by atoms with van der Waals surface area (Å²) in [5.74, 6) is 0. The average molecular weight is 310 g/mol. The summed E-state index contributed by atoms with van der Waals surface area (Å²) in [6.45, 7) is 2.91. The molecule has 0 aliphatic carbocycles. The fraction of sp³-hybridized carbons (Fsp3) is 0.636. The monoisotopic (exact) mass is 309 g/mol. The van der Waals surface area contributed by atoms with Gasteiger partial charge in [-0.15, -0.1) is 0 Å². The second kappa shape index (κ2) is 10.1. The molecule has 0 aromatic carbocycles. The minimum absolute atomic E-state index is 0.169. The lowest BCUT2D eigenvalue weighted by molar-refractivity contribution is 0.0179. The van der Waals surface area contributed by atoms with Crippen molar-refractivity contribution >= 4 is 29.2 Å². The Morgan fingerprint density at radius 3 is 2.37 bits per heavy atom. The van der Waals surface area contributed by atoms with E-state index < -0.39 is 0 Å². The third-order valence-electron chi connectivity index (χ3n) is 1.95. The van der Waals surface area contributed by atoms with Crippen molar-refractivity contribution in [2.45, 2.75) is 0 Å². The molecule has 0 spiro atoms. The van der Waals surface area contributed by atoms with E-state index in [1.165, 1.54) is 0 Å². The Labute approximate surface area is 120 Å². The predicted octanol–water partition coefficient (Wildman–Crippen LogP) is 1.67. The number of halogens is 1. The Hall–Kier alpha value is -0.730. The zero-order chi connectivity index (χ0) is 13.9. The zero-order valence-electron chi connectivity index (χ0n) is 10.6. The standard InChI is InChI=1S/C11H16ClNO5S/c1-15-2-3-16-4-5-17-6-7-18-11-13-10(12)9(8-14)19-11/h8H,2-7H2,1H3. The highest BCUT2D eigenvalue weighted by atomic mass is 35.5. The van der Waals surface area contributed by atoms with Gasteiger partial charge in [0.15, 0.2) is 11.4 Å².